The van der Waals surface area contributed by atoms with Crippen molar-refractivity contribution in [3.05, 3.63) is 17.0 Å². The minimum atomic E-state index is -3.59. The molecular formula is C12H15NO4S2. The summed E-state index contributed by atoms with van der Waals surface area (Å²) in [6.07, 6.45) is 3.14. The molecule has 1 aromatic rings. The Labute approximate surface area is 115 Å². The van der Waals surface area contributed by atoms with Gasteiger partial charge in [-0.15, -0.1) is 11.3 Å². The number of hydrogen-bond acceptors (Lipinski definition) is 4. The number of nitrogens with one attached hydrogen (secondary N) is 1. The van der Waals surface area contributed by atoms with Crippen molar-refractivity contribution in [3.8, 4) is 0 Å². The van der Waals surface area contributed by atoms with Crippen LogP contribution in [0.4, 0.5) is 0 Å². The lowest BCUT2D eigenvalue weighted by Crippen LogP contribution is -2.38. The maximum atomic E-state index is 12.4. The normalized spacial score (nSPS) is 21.3. The highest BCUT2D eigenvalue weighted by Crippen LogP contribution is 2.46. The maximum absolute atomic E-state index is 12.4. The van der Waals surface area contributed by atoms with Crippen LogP contribution in [0.1, 0.15) is 43.6 Å². The van der Waals surface area contributed by atoms with Gasteiger partial charge in [0.25, 0.3) is 10.0 Å². The van der Waals surface area contributed by atoms with Crippen molar-refractivity contribution in [1.29, 1.82) is 0 Å². The van der Waals surface area contributed by atoms with Crippen LogP contribution in [0.2, 0.25) is 0 Å². The Morgan fingerprint density at radius 2 is 2.16 bits per heavy atom. The lowest BCUT2D eigenvalue weighted by Gasteiger charge is -2.15. The summed E-state index contributed by atoms with van der Waals surface area (Å²) < 4.78 is 27.7. The van der Waals surface area contributed by atoms with Crippen molar-refractivity contribution < 1.29 is 18.3 Å². The average Bonchev–Trinajstić information content (AvgIpc) is 3.20. The Hall–Kier alpha value is -0.920. The first kappa shape index (κ1) is 13.1. The maximum Gasteiger partial charge on any atom is 0.305 e. The van der Waals surface area contributed by atoms with E-state index in [-0.39, 0.29) is 6.42 Å². The molecule has 0 spiro atoms. The molecule has 0 amide bonds. The van der Waals surface area contributed by atoms with Gasteiger partial charge in [-0.1, -0.05) is 0 Å². The zero-order valence-corrected chi connectivity index (χ0v) is 11.9. The Morgan fingerprint density at radius 3 is 2.68 bits per heavy atom. The van der Waals surface area contributed by atoms with Gasteiger partial charge in [0.1, 0.15) is 4.21 Å². The van der Waals surface area contributed by atoms with Crippen molar-refractivity contribution >= 4 is 27.3 Å². The monoisotopic (exact) mass is 301 g/mol. The van der Waals surface area contributed by atoms with Gasteiger partial charge in [0.05, 0.1) is 6.42 Å². The predicted molar refractivity (Wildman–Crippen MR) is 70.8 cm³/mol. The van der Waals surface area contributed by atoms with Crippen LogP contribution >= 0.6 is 11.3 Å². The lowest BCUT2D eigenvalue weighted by atomic mass is 10.2. The van der Waals surface area contributed by atoms with E-state index in [1.807, 2.05) is 6.07 Å². The fraction of sp³-hybridized carbons (Fsp3) is 0.583. The van der Waals surface area contributed by atoms with Gasteiger partial charge >= 0.3 is 5.97 Å². The molecule has 1 aromatic heterocycles. The standard InChI is InChI=1S/C12H15NO4S2/c14-10(15)7-12(4-5-12)13-19(16,17)11-9(3-6-18-11)8-1-2-8/h3,6,8,13H,1-2,4-5,7H2,(H,14,15). The number of sulfonamides is 1. The van der Waals surface area contributed by atoms with E-state index in [4.69, 9.17) is 5.11 Å². The Kier molecular flexibility index (Phi) is 2.95. The van der Waals surface area contributed by atoms with E-state index in [1.54, 1.807) is 5.38 Å². The minimum Gasteiger partial charge on any atom is -0.481 e. The molecule has 0 radical (unpaired) electrons. The number of carbonyl (C=O) groups is 1. The molecule has 2 fully saturated rings. The fourth-order valence-electron chi connectivity index (χ4n) is 2.31. The van der Waals surface area contributed by atoms with E-state index in [2.05, 4.69) is 4.72 Å². The summed E-state index contributed by atoms with van der Waals surface area (Å²) in [5.74, 6) is -0.596. The first-order chi connectivity index (χ1) is 8.92. The molecule has 2 saturated carbocycles. The molecule has 104 valence electrons. The van der Waals surface area contributed by atoms with Crippen molar-refractivity contribution in [3.63, 3.8) is 0 Å². The minimum absolute atomic E-state index is 0.142. The zero-order chi connectivity index (χ0) is 13.7. The molecule has 0 unspecified atom stereocenters. The van der Waals surface area contributed by atoms with Crippen LogP contribution in [-0.4, -0.2) is 25.0 Å². The second-order valence-electron chi connectivity index (χ2n) is 5.39. The summed E-state index contributed by atoms with van der Waals surface area (Å²) in [5, 5.41) is 10.6. The summed E-state index contributed by atoms with van der Waals surface area (Å²) in [7, 11) is -3.59. The molecule has 3 rings (SSSR count). The van der Waals surface area contributed by atoms with Gasteiger partial charge in [-0.2, -0.15) is 0 Å². The van der Waals surface area contributed by atoms with E-state index < -0.39 is 21.5 Å². The van der Waals surface area contributed by atoms with Crippen LogP contribution in [-0.2, 0) is 14.8 Å². The molecule has 2 N–H and O–H groups in total. The van der Waals surface area contributed by atoms with Gasteiger partial charge in [0, 0.05) is 5.54 Å². The molecule has 0 bridgehead atoms. The second-order valence-corrected chi connectivity index (χ2v) is 8.19. The predicted octanol–water partition coefficient (Wildman–Crippen LogP) is 1.91. The van der Waals surface area contributed by atoms with Gasteiger partial charge < -0.3 is 5.11 Å². The topological polar surface area (TPSA) is 83.5 Å². The van der Waals surface area contributed by atoms with Crippen molar-refractivity contribution in [2.24, 2.45) is 0 Å². The smallest absolute Gasteiger partial charge is 0.305 e. The van der Waals surface area contributed by atoms with Gasteiger partial charge in [-0.05, 0) is 48.6 Å². The Morgan fingerprint density at radius 1 is 1.47 bits per heavy atom. The SMILES string of the molecule is O=C(O)CC1(NS(=O)(=O)c2sccc2C2CC2)CC1. The third kappa shape index (κ3) is 2.68. The van der Waals surface area contributed by atoms with Gasteiger partial charge in [0.2, 0.25) is 0 Å². The lowest BCUT2D eigenvalue weighted by molar-refractivity contribution is -0.137. The quantitative estimate of drug-likeness (QED) is 0.840. The van der Waals surface area contributed by atoms with E-state index in [0.717, 1.165) is 18.4 Å². The Bertz CT molecular complexity index is 611. The van der Waals surface area contributed by atoms with E-state index >= 15 is 0 Å². The molecule has 19 heavy (non-hydrogen) atoms. The largest absolute Gasteiger partial charge is 0.481 e. The molecule has 2 aliphatic rings. The number of carboxylic acid groups (broad SMARTS) is 1. The highest BCUT2D eigenvalue weighted by Gasteiger charge is 2.48. The summed E-state index contributed by atoms with van der Waals surface area (Å²) in [4.78, 5) is 10.8. The van der Waals surface area contributed by atoms with E-state index in [0.29, 0.717) is 23.0 Å². The molecule has 1 heterocycles. The van der Waals surface area contributed by atoms with Crippen LogP contribution in [0.5, 0.6) is 0 Å². The molecule has 2 aliphatic carbocycles. The van der Waals surface area contributed by atoms with Crippen LogP contribution < -0.4 is 4.72 Å². The van der Waals surface area contributed by atoms with Gasteiger partial charge in [-0.25, -0.2) is 13.1 Å². The number of thiophene rings is 1. The number of aliphatic carboxylic acids is 1. The molecule has 7 heteroatoms. The highest BCUT2D eigenvalue weighted by molar-refractivity contribution is 7.91. The third-order valence-corrected chi connectivity index (χ3v) is 6.71. The zero-order valence-electron chi connectivity index (χ0n) is 10.3. The van der Waals surface area contributed by atoms with E-state index in [9.17, 15) is 13.2 Å². The molecule has 0 atom stereocenters. The van der Waals surface area contributed by atoms with Crippen LogP contribution in [0.25, 0.3) is 0 Å². The first-order valence-corrected chi connectivity index (χ1v) is 8.61. The molecular weight excluding hydrogens is 286 g/mol. The van der Waals surface area contributed by atoms with Gasteiger partial charge in [-0.3, -0.25) is 4.79 Å². The average molecular weight is 301 g/mol. The van der Waals surface area contributed by atoms with Gasteiger partial charge in [0.15, 0.2) is 0 Å². The number of hydrogen-bond donors (Lipinski definition) is 2. The Balaban J connectivity index is 1.83. The highest BCUT2D eigenvalue weighted by atomic mass is 32.2. The molecule has 0 aliphatic heterocycles. The van der Waals surface area contributed by atoms with Crippen molar-refractivity contribution in [1.82, 2.24) is 4.72 Å². The van der Waals surface area contributed by atoms with Crippen LogP contribution in [0, 0.1) is 0 Å². The summed E-state index contributed by atoms with van der Waals surface area (Å²) in [6, 6.07) is 1.87. The summed E-state index contributed by atoms with van der Waals surface area (Å²) >= 11 is 1.21. The molecule has 0 saturated heterocycles. The second kappa shape index (κ2) is 4.29. The van der Waals surface area contributed by atoms with Crippen LogP contribution in [0.3, 0.4) is 0 Å². The van der Waals surface area contributed by atoms with E-state index in [1.165, 1.54) is 11.3 Å². The number of rotatable bonds is 6. The molecule has 0 aromatic carbocycles. The van der Waals surface area contributed by atoms with Crippen molar-refractivity contribution in [2.45, 2.75) is 47.8 Å². The first-order valence-electron chi connectivity index (χ1n) is 6.25. The van der Waals surface area contributed by atoms with Crippen LogP contribution in [0.15, 0.2) is 15.7 Å². The molecule has 5 nitrogen and oxygen atoms in total. The van der Waals surface area contributed by atoms with Crippen molar-refractivity contribution in [2.75, 3.05) is 0 Å². The fourth-order valence-corrected chi connectivity index (χ4v) is 5.30. The third-order valence-electron chi connectivity index (χ3n) is 3.61. The number of carboxylic acids is 1. The summed E-state index contributed by atoms with van der Waals surface area (Å²) in [5.41, 5.74) is 0.138. The summed E-state index contributed by atoms with van der Waals surface area (Å²) in [6.45, 7) is 0.